The van der Waals surface area contributed by atoms with Crippen molar-refractivity contribution in [3.63, 3.8) is 0 Å². The number of phosphoric acid groups is 1. The molecule has 1 saturated carbocycles. The monoisotopic (exact) mass is 951 g/mol. The van der Waals surface area contributed by atoms with Gasteiger partial charge in [-0.05, 0) is 103 Å². The van der Waals surface area contributed by atoms with Crippen molar-refractivity contribution in [1.29, 1.82) is 0 Å². The zero-order valence-corrected chi connectivity index (χ0v) is 40.4. The molecule has 0 aromatic carbocycles. The molecule has 9 atom stereocenters. The van der Waals surface area contributed by atoms with Gasteiger partial charge in [-0.25, -0.2) is 4.57 Å². The van der Waals surface area contributed by atoms with E-state index in [1.54, 1.807) is 0 Å². The number of unbranched alkanes of at least 4 members (excludes halogenated alkanes) is 7. The average Bonchev–Trinajstić information content (AvgIpc) is 3.30. The van der Waals surface area contributed by atoms with Gasteiger partial charge in [-0.1, -0.05) is 130 Å². The summed E-state index contributed by atoms with van der Waals surface area (Å²) in [6.07, 6.45) is 36.8. The zero-order chi connectivity index (χ0) is 48.7. The molecule has 1 rings (SSSR count). The molecule has 0 aliphatic heterocycles. The molecule has 376 valence electrons. The van der Waals surface area contributed by atoms with Gasteiger partial charge in [0.05, 0.1) is 12.7 Å². The van der Waals surface area contributed by atoms with Crippen LogP contribution in [0.1, 0.15) is 149 Å². The van der Waals surface area contributed by atoms with Crippen molar-refractivity contribution in [2.45, 2.75) is 198 Å². The Kier molecular flexibility index (Phi) is 36.5. The van der Waals surface area contributed by atoms with Gasteiger partial charge in [0, 0.05) is 12.8 Å². The van der Waals surface area contributed by atoms with Crippen molar-refractivity contribution in [2.75, 3.05) is 13.2 Å². The molecule has 66 heavy (non-hydrogen) atoms. The average molecular weight is 951 g/mol. The maximum absolute atomic E-state index is 12.8. The maximum atomic E-state index is 12.8. The van der Waals surface area contributed by atoms with Crippen LogP contribution in [0.3, 0.4) is 0 Å². The van der Waals surface area contributed by atoms with Gasteiger partial charge in [0.25, 0.3) is 0 Å². The Labute approximate surface area is 394 Å². The van der Waals surface area contributed by atoms with Crippen molar-refractivity contribution in [3.05, 3.63) is 97.2 Å². The molecule has 15 heteroatoms. The Morgan fingerprint density at radius 1 is 0.530 bits per heavy atom. The second-order valence-corrected chi connectivity index (χ2v) is 17.8. The van der Waals surface area contributed by atoms with Crippen LogP contribution in [0.15, 0.2) is 97.2 Å². The van der Waals surface area contributed by atoms with Crippen LogP contribution in [0.4, 0.5) is 0 Å². The van der Waals surface area contributed by atoms with E-state index in [1.807, 2.05) is 19.1 Å². The quantitative estimate of drug-likeness (QED) is 0.0133. The van der Waals surface area contributed by atoms with Gasteiger partial charge in [-0.3, -0.25) is 18.6 Å². The molecular weight excluding hydrogens is 868 g/mol. The summed E-state index contributed by atoms with van der Waals surface area (Å²) in [6, 6.07) is 0. The standard InChI is InChI=1S/C51H83O14P/c1-3-5-6-7-8-9-10-11-12-13-14-15-16-21-24-27-30-33-36-39-45(54)64-43(41-63-66(60,61)65-51-49(58)47(56)46(55)48(57)50(51)59)40-62-44(53)38-35-32-29-26-23-20-18-17-19-22-25-28-31-34-37-42(52)4-2/h8-9,11-12,14-15,18-22,24,26,28-29,31,42-43,46-52,55-59H,3-7,10,13,16-17,23,25,27,30,32-41H2,1-2H3,(H,60,61)/b9-8-,12-11-,15-14-,20-18-,22-19-,24-21-,29-26-,31-28-/t42-,43+,46?,47-,48+,49+,50+,51?/m0/s1. The first-order valence-corrected chi connectivity index (χ1v) is 25.6. The fourth-order valence-corrected chi connectivity index (χ4v) is 7.45. The van der Waals surface area contributed by atoms with Gasteiger partial charge in [0.15, 0.2) is 6.10 Å². The highest BCUT2D eigenvalue weighted by atomic mass is 31.2. The van der Waals surface area contributed by atoms with Gasteiger partial charge in [0.2, 0.25) is 0 Å². The lowest BCUT2D eigenvalue weighted by atomic mass is 9.85. The van der Waals surface area contributed by atoms with Crippen LogP contribution in [0.25, 0.3) is 0 Å². The van der Waals surface area contributed by atoms with Crippen LogP contribution in [-0.2, 0) is 32.7 Å². The Morgan fingerprint density at radius 3 is 1.44 bits per heavy atom. The van der Waals surface area contributed by atoms with Crippen LogP contribution in [0.5, 0.6) is 0 Å². The van der Waals surface area contributed by atoms with Crippen LogP contribution >= 0.6 is 7.82 Å². The lowest BCUT2D eigenvalue weighted by Gasteiger charge is -2.41. The second kappa shape index (κ2) is 39.7. The molecule has 1 aliphatic carbocycles. The predicted molar refractivity (Wildman–Crippen MR) is 259 cm³/mol. The molecule has 0 saturated heterocycles. The van der Waals surface area contributed by atoms with E-state index < -0.39 is 75.7 Å². The third kappa shape index (κ3) is 31.7. The van der Waals surface area contributed by atoms with Crippen LogP contribution in [0, 0.1) is 0 Å². The first-order chi connectivity index (χ1) is 31.8. The minimum absolute atomic E-state index is 0.0347. The van der Waals surface area contributed by atoms with Gasteiger partial charge in [-0.15, -0.1) is 0 Å². The lowest BCUT2D eigenvalue weighted by Crippen LogP contribution is -2.64. The van der Waals surface area contributed by atoms with Crippen molar-refractivity contribution in [1.82, 2.24) is 0 Å². The Morgan fingerprint density at radius 2 is 0.955 bits per heavy atom. The molecule has 3 unspecified atom stereocenters. The smallest absolute Gasteiger partial charge is 0.462 e. The molecule has 0 aromatic heterocycles. The number of aliphatic hydroxyl groups excluding tert-OH is 6. The largest absolute Gasteiger partial charge is 0.472 e. The fourth-order valence-electron chi connectivity index (χ4n) is 6.48. The molecule has 0 bridgehead atoms. The van der Waals surface area contributed by atoms with Crippen molar-refractivity contribution < 1.29 is 68.2 Å². The minimum atomic E-state index is -5.16. The van der Waals surface area contributed by atoms with Crippen LogP contribution in [-0.4, -0.2) is 110 Å². The van der Waals surface area contributed by atoms with Gasteiger partial charge in [0.1, 0.15) is 43.2 Å². The summed E-state index contributed by atoms with van der Waals surface area (Å²) >= 11 is 0. The number of hydrogen-bond donors (Lipinski definition) is 7. The van der Waals surface area contributed by atoms with Gasteiger partial charge < -0.3 is 45.0 Å². The normalized spacial score (nSPS) is 22.6. The SMILES string of the molecule is CCCCC/C=C\C/C=C\C/C=C\C/C=C\CCCCCC(=O)O[C@H](COC(=O)CCC/C=C\C/C=C\C/C=C\C/C=C\CC[C@@H](O)CC)COP(=O)(O)OC1[C@H](O)[C@H](O)C(O)[C@H](O)[C@H]1O. The Hall–Kier alpha value is -3.27. The van der Waals surface area contributed by atoms with Crippen LogP contribution < -0.4 is 0 Å². The number of aliphatic hydroxyl groups is 6. The number of esters is 2. The molecule has 0 radical (unpaired) electrons. The molecule has 1 fully saturated rings. The second-order valence-electron chi connectivity index (χ2n) is 16.4. The Bertz CT molecular complexity index is 1540. The molecule has 0 amide bonds. The lowest BCUT2D eigenvalue weighted by molar-refractivity contribution is -0.220. The number of hydrogen-bond acceptors (Lipinski definition) is 13. The summed E-state index contributed by atoms with van der Waals surface area (Å²) in [7, 11) is -5.16. The van der Waals surface area contributed by atoms with Crippen molar-refractivity contribution in [3.8, 4) is 0 Å². The number of ether oxygens (including phenoxy) is 2. The van der Waals surface area contributed by atoms with E-state index in [9.17, 15) is 49.7 Å². The molecule has 0 heterocycles. The number of carbonyl (C=O) groups excluding carboxylic acids is 2. The van der Waals surface area contributed by atoms with E-state index in [-0.39, 0.29) is 18.9 Å². The maximum Gasteiger partial charge on any atom is 0.472 e. The van der Waals surface area contributed by atoms with E-state index in [4.69, 9.17) is 18.5 Å². The van der Waals surface area contributed by atoms with E-state index in [0.717, 1.165) is 83.5 Å². The molecular formula is C51H83O14P. The molecule has 0 spiro atoms. The highest BCUT2D eigenvalue weighted by Crippen LogP contribution is 2.47. The third-order valence-electron chi connectivity index (χ3n) is 10.6. The number of rotatable bonds is 38. The van der Waals surface area contributed by atoms with Gasteiger partial charge >= 0.3 is 19.8 Å². The topological polar surface area (TPSA) is 230 Å². The van der Waals surface area contributed by atoms with Crippen molar-refractivity contribution >= 4 is 19.8 Å². The van der Waals surface area contributed by atoms with Crippen LogP contribution in [0.2, 0.25) is 0 Å². The first-order valence-electron chi connectivity index (χ1n) is 24.1. The number of phosphoric ester groups is 1. The van der Waals surface area contributed by atoms with E-state index in [0.29, 0.717) is 19.3 Å². The Balaban J connectivity index is 2.52. The number of carbonyl (C=O) groups is 2. The highest BCUT2D eigenvalue weighted by molar-refractivity contribution is 7.47. The summed E-state index contributed by atoms with van der Waals surface area (Å²) in [6.45, 7) is 2.91. The predicted octanol–water partition coefficient (Wildman–Crippen LogP) is 8.80. The molecule has 7 N–H and O–H groups in total. The summed E-state index contributed by atoms with van der Waals surface area (Å²) in [5.41, 5.74) is 0. The van der Waals surface area contributed by atoms with E-state index in [1.165, 1.54) is 19.3 Å². The molecule has 1 aliphatic rings. The fraction of sp³-hybridized carbons (Fsp3) is 0.647. The summed E-state index contributed by atoms with van der Waals surface area (Å²) in [4.78, 5) is 35.7. The minimum Gasteiger partial charge on any atom is -0.462 e. The summed E-state index contributed by atoms with van der Waals surface area (Å²) in [5.74, 6) is -1.23. The van der Waals surface area contributed by atoms with E-state index >= 15 is 0 Å². The number of allylic oxidation sites excluding steroid dienone is 16. The highest BCUT2D eigenvalue weighted by Gasteiger charge is 2.51. The van der Waals surface area contributed by atoms with E-state index in [2.05, 4.69) is 92.0 Å². The molecule has 0 aromatic rings. The van der Waals surface area contributed by atoms with Gasteiger partial charge in [-0.2, -0.15) is 0 Å². The first kappa shape index (κ1) is 60.7. The summed E-state index contributed by atoms with van der Waals surface area (Å²) in [5, 5.41) is 59.8. The van der Waals surface area contributed by atoms with Crippen molar-refractivity contribution in [2.24, 2.45) is 0 Å². The molecule has 14 nitrogen and oxygen atoms in total. The third-order valence-corrected chi connectivity index (χ3v) is 11.5. The summed E-state index contributed by atoms with van der Waals surface area (Å²) < 4.78 is 33.5. The zero-order valence-electron chi connectivity index (χ0n) is 39.6.